The van der Waals surface area contributed by atoms with Gasteiger partial charge in [0.15, 0.2) is 0 Å². The molecule has 1 atom stereocenters. The Labute approximate surface area is 148 Å². The standard InChI is InChI=1S/C21H24N2O2/c1-2-19-13-6-7-14-23(19)21(25)17-11-8-12-18(15-17)22-20(24)16-9-4-3-5-10-16/h3-5,8-12,15,19H,2,6-7,13-14H2,1H3,(H,22,24)/t19-/m0/s1. The highest BCUT2D eigenvalue weighted by Gasteiger charge is 2.26. The van der Waals surface area contributed by atoms with Gasteiger partial charge in [-0.1, -0.05) is 31.2 Å². The Bertz CT molecular complexity index is 743. The summed E-state index contributed by atoms with van der Waals surface area (Å²) in [4.78, 5) is 27.2. The highest BCUT2D eigenvalue weighted by molar-refractivity contribution is 6.05. The Morgan fingerprint density at radius 3 is 2.56 bits per heavy atom. The van der Waals surface area contributed by atoms with Crippen LogP contribution in [0.5, 0.6) is 0 Å². The molecule has 0 aromatic heterocycles. The second-order valence-electron chi connectivity index (χ2n) is 6.46. The van der Waals surface area contributed by atoms with Crippen LogP contribution < -0.4 is 5.32 Å². The average Bonchev–Trinajstić information content (AvgIpc) is 2.68. The van der Waals surface area contributed by atoms with Crippen molar-refractivity contribution in [2.45, 2.75) is 38.6 Å². The van der Waals surface area contributed by atoms with Gasteiger partial charge in [0.25, 0.3) is 11.8 Å². The molecule has 1 N–H and O–H groups in total. The van der Waals surface area contributed by atoms with E-state index in [2.05, 4.69) is 12.2 Å². The Balaban J connectivity index is 1.75. The molecular weight excluding hydrogens is 312 g/mol. The fraction of sp³-hybridized carbons (Fsp3) is 0.333. The Hall–Kier alpha value is -2.62. The van der Waals surface area contributed by atoms with Crippen LogP contribution >= 0.6 is 0 Å². The first-order valence-electron chi connectivity index (χ1n) is 8.96. The molecule has 0 spiro atoms. The molecule has 2 aromatic carbocycles. The zero-order valence-corrected chi connectivity index (χ0v) is 14.6. The number of carbonyl (C=O) groups is 2. The van der Waals surface area contributed by atoms with Gasteiger partial charge in [0.1, 0.15) is 0 Å². The summed E-state index contributed by atoms with van der Waals surface area (Å²) in [5.41, 5.74) is 1.87. The second-order valence-corrected chi connectivity index (χ2v) is 6.46. The zero-order valence-electron chi connectivity index (χ0n) is 14.6. The first kappa shape index (κ1) is 17.2. The molecule has 0 saturated carbocycles. The van der Waals surface area contributed by atoms with Gasteiger partial charge in [0.05, 0.1) is 0 Å². The van der Waals surface area contributed by atoms with E-state index in [-0.39, 0.29) is 11.8 Å². The van der Waals surface area contributed by atoms with E-state index < -0.39 is 0 Å². The molecule has 0 bridgehead atoms. The zero-order chi connectivity index (χ0) is 17.6. The summed E-state index contributed by atoms with van der Waals surface area (Å²) in [6.07, 6.45) is 4.31. The van der Waals surface area contributed by atoms with Crippen LogP contribution in [0.4, 0.5) is 5.69 Å². The van der Waals surface area contributed by atoms with E-state index in [0.29, 0.717) is 22.9 Å². The lowest BCUT2D eigenvalue weighted by Gasteiger charge is -2.35. The summed E-state index contributed by atoms with van der Waals surface area (Å²) in [7, 11) is 0. The van der Waals surface area contributed by atoms with Crippen molar-refractivity contribution in [2.24, 2.45) is 0 Å². The number of anilines is 1. The van der Waals surface area contributed by atoms with Gasteiger partial charge >= 0.3 is 0 Å². The minimum absolute atomic E-state index is 0.0577. The highest BCUT2D eigenvalue weighted by atomic mass is 16.2. The maximum Gasteiger partial charge on any atom is 0.255 e. The van der Waals surface area contributed by atoms with E-state index in [9.17, 15) is 9.59 Å². The Morgan fingerprint density at radius 1 is 1.04 bits per heavy atom. The molecule has 1 heterocycles. The van der Waals surface area contributed by atoms with Crippen molar-refractivity contribution in [1.82, 2.24) is 4.90 Å². The van der Waals surface area contributed by atoms with E-state index in [0.717, 1.165) is 25.8 Å². The number of amides is 2. The molecule has 2 amide bonds. The highest BCUT2D eigenvalue weighted by Crippen LogP contribution is 2.23. The summed E-state index contributed by atoms with van der Waals surface area (Å²) >= 11 is 0. The van der Waals surface area contributed by atoms with Crippen molar-refractivity contribution in [3.05, 3.63) is 65.7 Å². The topological polar surface area (TPSA) is 49.4 Å². The van der Waals surface area contributed by atoms with Gasteiger partial charge in [-0.15, -0.1) is 0 Å². The van der Waals surface area contributed by atoms with E-state index in [1.54, 1.807) is 18.2 Å². The number of likely N-dealkylation sites (tertiary alicyclic amines) is 1. The van der Waals surface area contributed by atoms with Crippen LogP contribution in [-0.2, 0) is 0 Å². The molecule has 130 valence electrons. The van der Waals surface area contributed by atoms with Crippen molar-refractivity contribution in [3.63, 3.8) is 0 Å². The normalized spacial score (nSPS) is 17.2. The molecule has 25 heavy (non-hydrogen) atoms. The second kappa shape index (κ2) is 7.97. The predicted molar refractivity (Wildman–Crippen MR) is 99.8 cm³/mol. The van der Waals surface area contributed by atoms with Crippen LogP contribution in [0, 0.1) is 0 Å². The quantitative estimate of drug-likeness (QED) is 0.903. The third-order valence-electron chi connectivity index (χ3n) is 4.76. The lowest BCUT2D eigenvalue weighted by molar-refractivity contribution is 0.0608. The van der Waals surface area contributed by atoms with Crippen molar-refractivity contribution in [2.75, 3.05) is 11.9 Å². The third kappa shape index (κ3) is 4.08. The van der Waals surface area contributed by atoms with Gasteiger partial charge in [0, 0.05) is 29.4 Å². The van der Waals surface area contributed by atoms with Gasteiger partial charge in [-0.25, -0.2) is 0 Å². The van der Waals surface area contributed by atoms with Crippen LogP contribution in [0.1, 0.15) is 53.3 Å². The van der Waals surface area contributed by atoms with Crippen LogP contribution in [0.15, 0.2) is 54.6 Å². The van der Waals surface area contributed by atoms with Crippen LogP contribution in [0.2, 0.25) is 0 Å². The minimum atomic E-state index is -0.172. The Kier molecular flexibility index (Phi) is 5.49. The molecule has 1 aliphatic heterocycles. The molecule has 0 radical (unpaired) electrons. The molecule has 2 aromatic rings. The lowest BCUT2D eigenvalue weighted by Crippen LogP contribution is -2.43. The van der Waals surface area contributed by atoms with Gasteiger partial charge in [-0.05, 0) is 56.0 Å². The maximum absolute atomic E-state index is 12.9. The van der Waals surface area contributed by atoms with Crippen LogP contribution in [-0.4, -0.2) is 29.3 Å². The van der Waals surface area contributed by atoms with E-state index >= 15 is 0 Å². The fourth-order valence-electron chi connectivity index (χ4n) is 3.38. The molecule has 0 unspecified atom stereocenters. The molecule has 1 fully saturated rings. The van der Waals surface area contributed by atoms with E-state index in [1.807, 2.05) is 41.3 Å². The predicted octanol–water partition coefficient (Wildman–Crippen LogP) is 4.34. The number of piperidine rings is 1. The number of carbonyl (C=O) groups excluding carboxylic acids is 2. The number of benzene rings is 2. The van der Waals surface area contributed by atoms with Crippen molar-refractivity contribution >= 4 is 17.5 Å². The smallest absolute Gasteiger partial charge is 0.255 e. The first-order valence-corrected chi connectivity index (χ1v) is 8.96. The summed E-state index contributed by atoms with van der Waals surface area (Å²) in [5, 5.41) is 2.87. The molecule has 1 aliphatic rings. The van der Waals surface area contributed by atoms with Gasteiger partial charge < -0.3 is 10.2 Å². The largest absolute Gasteiger partial charge is 0.336 e. The van der Waals surface area contributed by atoms with Crippen molar-refractivity contribution in [3.8, 4) is 0 Å². The van der Waals surface area contributed by atoms with E-state index in [1.165, 1.54) is 6.42 Å². The summed E-state index contributed by atoms with van der Waals surface area (Å²) in [6, 6.07) is 16.6. The maximum atomic E-state index is 12.9. The number of rotatable bonds is 4. The molecular formula is C21H24N2O2. The SMILES string of the molecule is CC[C@H]1CCCCN1C(=O)c1cccc(NC(=O)c2ccccc2)c1. The van der Waals surface area contributed by atoms with Gasteiger partial charge in [0.2, 0.25) is 0 Å². The number of nitrogens with zero attached hydrogens (tertiary/aromatic N) is 1. The first-order chi connectivity index (χ1) is 12.2. The lowest BCUT2D eigenvalue weighted by atomic mass is 9.99. The molecule has 4 nitrogen and oxygen atoms in total. The summed E-state index contributed by atoms with van der Waals surface area (Å²) in [6.45, 7) is 2.95. The van der Waals surface area contributed by atoms with Crippen molar-refractivity contribution < 1.29 is 9.59 Å². The van der Waals surface area contributed by atoms with Gasteiger partial charge in [-0.2, -0.15) is 0 Å². The molecule has 4 heteroatoms. The number of hydrogen-bond acceptors (Lipinski definition) is 2. The summed E-state index contributed by atoms with van der Waals surface area (Å²) in [5.74, 6) is -0.114. The Morgan fingerprint density at radius 2 is 1.80 bits per heavy atom. The minimum Gasteiger partial charge on any atom is -0.336 e. The third-order valence-corrected chi connectivity index (χ3v) is 4.76. The number of nitrogens with one attached hydrogen (secondary N) is 1. The molecule has 3 rings (SSSR count). The summed E-state index contributed by atoms with van der Waals surface area (Å²) < 4.78 is 0. The van der Waals surface area contributed by atoms with Crippen LogP contribution in [0.25, 0.3) is 0 Å². The van der Waals surface area contributed by atoms with Gasteiger partial charge in [-0.3, -0.25) is 9.59 Å². The fourth-order valence-corrected chi connectivity index (χ4v) is 3.38. The van der Waals surface area contributed by atoms with Crippen LogP contribution in [0.3, 0.4) is 0 Å². The van der Waals surface area contributed by atoms with E-state index in [4.69, 9.17) is 0 Å². The molecule has 1 saturated heterocycles. The average molecular weight is 336 g/mol. The number of hydrogen-bond donors (Lipinski definition) is 1. The monoisotopic (exact) mass is 336 g/mol. The van der Waals surface area contributed by atoms with Crippen molar-refractivity contribution in [1.29, 1.82) is 0 Å². The molecule has 0 aliphatic carbocycles.